The number of aryl methyl sites for hydroxylation is 1. The smallest absolute Gasteiger partial charge is 0.338 e. The predicted octanol–water partition coefficient (Wildman–Crippen LogP) is 4.31. The number of nitriles is 1. The van der Waals surface area contributed by atoms with Gasteiger partial charge in [-0.3, -0.25) is 9.36 Å². The van der Waals surface area contributed by atoms with Crippen LogP contribution in [0.5, 0.6) is 0 Å². The predicted molar refractivity (Wildman–Crippen MR) is 115 cm³/mol. The van der Waals surface area contributed by atoms with E-state index < -0.39 is 5.97 Å². The number of esters is 1. The number of benzene rings is 2. The third-order valence-corrected chi connectivity index (χ3v) is 5.66. The molecule has 4 aromatic rings. The van der Waals surface area contributed by atoms with Gasteiger partial charge in [-0.1, -0.05) is 48.5 Å². The summed E-state index contributed by atoms with van der Waals surface area (Å²) in [5.74, 6) is -0.250. The van der Waals surface area contributed by atoms with Gasteiger partial charge >= 0.3 is 5.97 Å². The minimum atomic E-state index is -0.498. The van der Waals surface area contributed by atoms with Crippen LogP contribution in [0.1, 0.15) is 21.7 Å². The van der Waals surface area contributed by atoms with Crippen molar-refractivity contribution in [1.82, 2.24) is 9.55 Å². The van der Waals surface area contributed by atoms with Crippen molar-refractivity contribution in [2.75, 3.05) is 0 Å². The molecule has 30 heavy (non-hydrogen) atoms. The highest BCUT2D eigenvalue weighted by Gasteiger charge is 2.18. The fraction of sp³-hybridized carbons (Fsp3) is 0.130. The number of hydrogen-bond acceptors (Lipinski definition) is 6. The van der Waals surface area contributed by atoms with Gasteiger partial charge in [-0.15, -0.1) is 11.3 Å². The molecule has 0 N–H and O–H groups in total. The van der Waals surface area contributed by atoms with E-state index in [1.54, 1.807) is 12.1 Å². The first-order valence-corrected chi connectivity index (χ1v) is 10.1. The Labute approximate surface area is 176 Å². The number of thiophene rings is 1. The molecule has 0 saturated heterocycles. The summed E-state index contributed by atoms with van der Waals surface area (Å²) < 4.78 is 6.68. The van der Waals surface area contributed by atoms with E-state index in [2.05, 4.69) is 4.98 Å². The number of hydrogen-bond donors (Lipinski definition) is 0. The van der Waals surface area contributed by atoms with Crippen molar-refractivity contribution in [3.8, 4) is 17.2 Å². The Morgan fingerprint density at radius 2 is 1.90 bits per heavy atom. The van der Waals surface area contributed by atoms with E-state index >= 15 is 0 Å². The van der Waals surface area contributed by atoms with Gasteiger partial charge < -0.3 is 4.74 Å². The van der Waals surface area contributed by atoms with E-state index in [4.69, 9.17) is 4.74 Å². The molecule has 0 unspecified atom stereocenters. The minimum Gasteiger partial charge on any atom is -0.454 e. The standard InChI is InChI=1S/C23H17N3O3S/c1-15-7-5-6-10-17(15)23(28)29-13-19-25-21-20(22(27)26(19)12-11-24)18(14-30-21)16-8-3-2-4-9-16/h2-10,14H,12-13H2,1H3. The van der Waals surface area contributed by atoms with Crippen LogP contribution in [0.2, 0.25) is 0 Å². The molecule has 0 radical (unpaired) electrons. The third kappa shape index (κ3) is 3.61. The fourth-order valence-electron chi connectivity index (χ4n) is 3.25. The van der Waals surface area contributed by atoms with Gasteiger partial charge in [-0.25, -0.2) is 9.78 Å². The van der Waals surface area contributed by atoms with Crippen molar-refractivity contribution in [3.05, 3.63) is 87.3 Å². The third-order valence-electron chi connectivity index (χ3n) is 4.78. The van der Waals surface area contributed by atoms with Crippen LogP contribution < -0.4 is 5.56 Å². The van der Waals surface area contributed by atoms with Gasteiger partial charge in [0.2, 0.25) is 0 Å². The fourth-order valence-corrected chi connectivity index (χ4v) is 4.21. The lowest BCUT2D eigenvalue weighted by Gasteiger charge is -2.11. The maximum Gasteiger partial charge on any atom is 0.338 e. The second-order valence-corrected chi connectivity index (χ2v) is 7.52. The lowest BCUT2D eigenvalue weighted by atomic mass is 10.1. The molecule has 0 atom stereocenters. The van der Waals surface area contributed by atoms with Crippen molar-refractivity contribution >= 4 is 27.5 Å². The van der Waals surface area contributed by atoms with E-state index in [0.717, 1.165) is 16.7 Å². The molecule has 7 heteroatoms. The van der Waals surface area contributed by atoms with Crippen LogP contribution in [0.4, 0.5) is 0 Å². The maximum atomic E-state index is 13.2. The van der Waals surface area contributed by atoms with Gasteiger partial charge in [-0.2, -0.15) is 5.26 Å². The van der Waals surface area contributed by atoms with Crippen molar-refractivity contribution in [2.45, 2.75) is 20.1 Å². The number of nitrogens with zero attached hydrogens (tertiary/aromatic N) is 3. The zero-order chi connectivity index (χ0) is 21.1. The average molecular weight is 415 g/mol. The van der Waals surface area contributed by atoms with E-state index in [0.29, 0.717) is 15.8 Å². The molecule has 0 bridgehead atoms. The summed E-state index contributed by atoms with van der Waals surface area (Å²) in [6, 6.07) is 18.7. The Hall–Kier alpha value is -3.76. The summed E-state index contributed by atoms with van der Waals surface area (Å²) >= 11 is 1.35. The average Bonchev–Trinajstić information content (AvgIpc) is 3.19. The van der Waals surface area contributed by atoms with Gasteiger partial charge in [0.15, 0.2) is 5.82 Å². The molecule has 6 nitrogen and oxygen atoms in total. The molecule has 2 aromatic heterocycles. The molecule has 0 spiro atoms. The second kappa shape index (κ2) is 8.31. The molecule has 2 heterocycles. The van der Waals surface area contributed by atoms with Crippen molar-refractivity contribution < 1.29 is 9.53 Å². The lowest BCUT2D eigenvalue weighted by Crippen LogP contribution is -2.26. The van der Waals surface area contributed by atoms with E-state index in [-0.39, 0.29) is 24.5 Å². The number of fused-ring (bicyclic) bond motifs is 1. The topological polar surface area (TPSA) is 85.0 Å². The van der Waals surface area contributed by atoms with Crippen LogP contribution in [0.3, 0.4) is 0 Å². The zero-order valence-electron chi connectivity index (χ0n) is 16.2. The molecule has 0 aliphatic heterocycles. The van der Waals surface area contributed by atoms with Crippen LogP contribution in [0.25, 0.3) is 21.3 Å². The van der Waals surface area contributed by atoms with Crippen LogP contribution in [0.15, 0.2) is 64.8 Å². The first kappa shape index (κ1) is 19.6. The van der Waals surface area contributed by atoms with Crippen molar-refractivity contribution in [3.63, 3.8) is 0 Å². The van der Waals surface area contributed by atoms with Crippen molar-refractivity contribution in [2.24, 2.45) is 0 Å². The first-order valence-electron chi connectivity index (χ1n) is 9.26. The summed E-state index contributed by atoms with van der Waals surface area (Å²) in [6.07, 6.45) is 0. The molecular formula is C23H17N3O3S. The Morgan fingerprint density at radius 1 is 1.17 bits per heavy atom. The normalized spacial score (nSPS) is 10.7. The number of carbonyl (C=O) groups excluding carboxylic acids is 1. The SMILES string of the molecule is Cc1ccccc1C(=O)OCc1nc2scc(-c3ccccc3)c2c(=O)n1CC#N. The zero-order valence-corrected chi connectivity index (χ0v) is 17.0. The van der Waals surface area contributed by atoms with Crippen LogP contribution >= 0.6 is 11.3 Å². The summed E-state index contributed by atoms with van der Waals surface area (Å²) in [5.41, 5.74) is 2.62. The molecular weight excluding hydrogens is 398 g/mol. The first-order chi connectivity index (χ1) is 14.6. The van der Waals surface area contributed by atoms with E-state index in [1.807, 2.05) is 60.8 Å². The molecule has 0 saturated carbocycles. The summed E-state index contributed by atoms with van der Waals surface area (Å²) in [5, 5.41) is 11.6. The Kier molecular flexibility index (Phi) is 5.42. The van der Waals surface area contributed by atoms with Crippen LogP contribution in [-0.2, 0) is 17.9 Å². The molecule has 0 fully saturated rings. The highest BCUT2D eigenvalue weighted by molar-refractivity contribution is 7.17. The van der Waals surface area contributed by atoms with Gasteiger partial charge in [-0.05, 0) is 24.1 Å². The molecule has 148 valence electrons. The second-order valence-electron chi connectivity index (χ2n) is 6.66. The molecule has 0 aliphatic rings. The Morgan fingerprint density at radius 3 is 2.63 bits per heavy atom. The van der Waals surface area contributed by atoms with Gasteiger partial charge in [0.25, 0.3) is 5.56 Å². The van der Waals surface area contributed by atoms with Gasteiger partial charge in [0, 0.05) is 10.9 Å². The van der Waals surface area contributed by atoms with Gasteiger partial charge in [0.1, 0.15) is 18.0 Å². The molecule has 2 aromatic carbocycles. The van der Waals surface area contributed by atoms with E-state index in [1.165, 1.54) is 15.9 Å². The quantitative estimate of drug-likeness (QED) is 0.453. The highest BCUT2D eigenvalue weighted by atomic mass is 32.1. The van der Waals surface area contributed by atoms with Crippen molar-refractivity contribution in [1.29, 1.82) is 5.26 Å². The maximum absolute atomic E-state index is 13.2. The summed E-state index contributed by atoms with van der Waals surface area (Å²) in [4.78, 5) is 30.7. The largest absolute Gasteiger partial charge is 0.454 e. The monoisotopic (exact) mass is 415 g/mol. The number of ether oxygens (including phenoxy) is 1. The lowest BCUT2D eigenvalue weighted by molar-refractivity contribution is 0.0456. The molecule has 0 amide bonds. The number of carbonyl (C=O) groups is 1. The highest BCUT2D eigenvalue weighted by Crippen LogP contribution is 2.31. The Bertz CT molecular complexity index is 1330. The van der Waals surface area contributed by atoms with Crippen LogP contribution in [0, 0.1) is 18.3 Å². The summed E-state index contributed by atoms with van der Waals surface area (Å²) in [7, 11) is 0. The number of rotatable bonds is 5. The van der Waals surface area contributed by atoms with E-state index in [9.17, 15) is 14.9 Å². The molecule has 0 aliphatic carbocycles. The van der Waals surface area contributed by atoms with Crippen LogP contribution in [-0.4, -0.2) is 15.5 Å². The number of aromatic nitrogens is 2. The Balaban J connectivity index is 1.73. The molecule has 4 rings (SSSR count). The summed E-state index contributed by atoms with van der Waals surface area (Å²) in [6.45, 7) is 1.45. The van der Waals surface area contributed by atoms with Gasteiger partial charge in [0.05, 0.1) is 17.0 Å². The minimum absolute atomic E-state index is 0.177.